The number of carbonyl (C=O) groups excluding carboxylic acids is 1. The predicted molar refractivity (Wildman–Crippen MR) is 146 cm³/mol. The zero-order valence-corrected chi connectivity index (χ0v) is 21.7. The fraction of sp³-hybridized carbons (Fsp3) is 0.667. The van der Waals surface area contributed by atoms with Crippen LogP contribution in [0.3, 0.4) is 0 Å². The molecule has 4 aliphatic rings. The summed E-state index contributed by atoms with van der Waals surface area (Å²) in [5.41, 5.74) is 2.08. The summed E-state index contributed by atoms with van der Waals surface area (Å²) < 4.78 is 0. The Labute approximate surface area is 211 Å². The molecule has 1 atom stereocenters. The van der Waals surface area contributed by atoms with Crippen molar-refractivity contribution in [2.45, 2.75) is 78.1 Å². The Hall–Kier alpha value is -2.14. The number of pyridine rings is 1. The van der Waals surface area contributed by atoms with Crippen LogP contribution in [-0.4, -0.2) is 30.5 Å². The van der Waals surface area contributed by atoms with Gasteiger partial charge >= 0.3 is 0 Å². The van der Waals surface area contributed by atoms with Gasteiger partial charge in [-0.1, -0.05) is 26.3 Å². The van der Waals surface area contributed by atoms with E-state index in [1.54, 1.807) is 0 Å². The molecule has 1 aromatic carbocycles. The highest BCUT2D eigenvalue weighted by atomic mass is 16.1. The molecule has 1 heterocycles. The molecule has 0 saturated heterocycles. The lowest BCUT2D eigenvalue weighted by Crippen LogP contribution is -2.47. The molecule has 6 rings (SSSR count). The van der Waals surface area contributed by atoms with Gasteiger partial charge in [0.2, 0.25) is 5.91 Å². The van der Waals surface area contributed by atoms with Crippen LogP contribution in [0, 0.1) is 29.1 Å². The average molecular weight is 477 g/mol. The van der Waals surface area contributed by atoms with Crippen LogP contribution in [0.1, 0.15) is 78.1 Å². The van der Waals surface area contributed by atoms with Gasteiger partial charge in [-0.25, -0.2) is 4.98 Å². The topological polar surface area (TPSA) is 66.0 Å². The molecule has 0 aliphatic heterocycles. The minimum Gasteiger partial charge on any atom is -0.370 e. The summed E-state index contributed by atoms with van der Waals surface area (Å²) in [5.74, 6) is 4.46. The highest BCUT2D eigenvalue weighted by molar-refractivity contribution is 6.01. The van der Waals surface area contributed by atoms with Crippen molar-refractivity contribution in [1.82, 2.24) is 10.3 Å². The lowest BCUT2D eigenvalue weighted by atomic mass is 9.49. The Morgan fingerprint density at radius 2 is 1.80 bits per heavy atom. The molecular weight excluding hydrogens is 432 g/mol. The second-order valence-corrected chi connectivity index (χ2v) is 12.1. The Kier molecular flexibility index (Phi) is 7.62. The van der Waals surface area contributed by atoms with Crippen molar-refractivity contribution in [2.24, 2.45) is 29.1 Å². The van der Waals surface area contributed by atoms with Crippen molar-refractivity contribution in [1.29, 1.82) is 0 Å². The summed E-state index contributed by atoms with van der Waals surface area (Å²) in [6.07, 6.45) is 12.4. The van der Waals surface area contributed by atoms with Crippen molar-refractivity contribution in [3.05, 3.63) is 30.3 Å². The number of fused-ring (bicyclic) bond motifs is 1. The van der Waals surface area contributed by atoms with Gasteiger partial charge in [0.25, 0.3) is 0 Å². The van der Waals surface area contributed by atoms with E-state index in [0.29, 0.717) is 6.42 Å². The fourth-order valence-electron chi connectivity index (χ4n) is 7.78. The van der Waals surface area contributed by atoms with Gasteiger partial charge in [0.05, 0.1) is 11.2 Å². The Morgan fingerprint density at radius 3 is 2.51 bits per heavy atom. The number of aromatic nitrogens is 1. The molecule has 4 bridgehead atoms. The minimum absolute atomic E-state index is 0.183. The van der Waals surface area contributed by atoms with Gasteiger partial charge in [0.1, 0.15) is 5.82 Å². The van der Waals surface area contributed by atoms with Gasteiger partial charge in [0, 0.05) is 18.4 Å². The number of hydrogen-bond acceptors (Lipinski definition) is 4. The quantitative estimate of drug-likeness (QED) is 0.302. The summed E-state index contributed by atoms with van der Waals surface area (Å²) in [7, 11) is 0. The summed E-state index contributed by atoms with van der Waals surface area (Å²) >= 11 is 0. The summed E-state index contributed by atoms with van der Waals surface area (Å²) in [6.45, 7) is 7.58. The lowest BCUT2D eigenvalue weighted by Gasteiger charge is -2.56. The maximum absolute atomic E-state index is 13.2. The van der Waals surface area contributed by atoms with Crippen molar-refractivity contribution in [3.63, 3.8) is 0 Å². The first-order chi connectivity index (χ1) is 17.0. The average Bonchev–Trinajstić information content (AvgIpc) is 2.80. The molecular formula is C30H44N4O. The van der Waals surface area contributed by atoms with Crippen molar-refractivity contribution in [3.8, 4) is 0 Å². The fourth-order valence-corrected chi connectivity index (χ4v) is 7.78. The first-order valence-electron chi connectivity index (χ1n) is 14.2. The third-order valence-electron chi connectivity index (χ3n) is 8.82. The zero-order chi connectivity index (χ0) is 24.3. The van der Waals surface area contributed by atoms with E-state index in [-0.39, 0.29) is 11.3 Å². The van der Waals surface area contributed by atoms with E-state index < -0.39 is 0 Å². The Morgan fingerprint density at radius 1 is 1.06 bits per heavy atom. The molecule has 1 amide bonds. The number of nitrogens with zero attached hydrogens (tertiary/aromatic N) is 1. The smallest absolute Gasteiger partial charge is 0.224 e. The van der Waals surface area contributed by atoms with Gasteiger partial charge < -0.3 is 16.0 Å². The molecule has 1 unspecified atom stereocenters. The van der Waals surface area contributed by atoms with Crippen molar-refractivity contribution in [2.75, 3.05) is 30.3 Å². The van der Waals surface area contributed by atoms with Crippen LogP contribution >= 0.6 is 0 Å². The molecule has 2 aromatic rings. The number of hydrogen-bond donors (Lipinski definition) is 3. The van der Waals surface area contributed by atoms with Crippen LogP contribution in [0.4, 0.5) is 11.5 Å². The molecule has 4 fully saturated rings. The Bertz CT molecular complexity index is 983. The third kappa shape index (κ3) is 5.99. The highest BCUT2D eigenvalue weighted by Gasteiger charge is 2.51. The van der Waals surface area contributed by atoms with E-state index in [9.17, 15) is 4.79 Å². The van der Waals surface area contributed by atoms with Gasteiger partial charge in [-0.05, 0) is 118 Å². The molecule has 0 radical (unpaired) electrons. The zero-order valence-electron chi connectivity index (χ0n) is 21.7. The maximum atomic E-state index is 13.2. The second kappa shape index (κ2) is 10.9. The molecule has 35 heavy (non-hydrogen) atoms. The van der Waals surface area contributed by atoms with E-state index in [0.717, 1.165) is 72.1 Å². The minimum atomic E-state index is 0.183. The first-order valence-corrected chi connectivity index (χ1v) is 14.2. The molecule has 0 spiro atoms. The molecule has 5 nitrogen and oxygen atoms in total. The van der Waals surface area contributed by atoms with Crippen LogP contribution in [-0.2, 0) is 4.79 Å². The molecule has 4 saturated carbocycles. The van der Waals surface area contributed by atoms with Gasteiger partial charge in [-0.15, -0.1) is 0 Å². The summed E-state index contributed by atoms with van der Waals surface area (Å²) in [4.78, 5) is 18.0. The molecule has 5 heteroatoms. The lowest BCUT2D eigenvalue weighted by molar-refractivity contribution is -0.124. The molecule has 3 N–H and O–H groups in total. The highest BCUT2D eigenvalue weighted by Crippen LogP contribution is 2.61. The second-order valence-electron chi connectivity index (χ2n) is 12.1. The number of benzene rings is 1. The van der Waals surface area contributed by atoms with Crippen LogP contribution in [0.2, 0.25) is 0 Å². The normalized spacial score (nSPS) is 27.8. The standard InChI is InChI=1S/C30H44N4O/c1-3-6-21(2)20-31-11-5-12-32-28-10-9-25-26(33-28)7-4-8-27(25)34-29(35)19-30-16-22-13-23(17-30)15-24(14-22)18-30/h4,7-10,21-24,31H,3,5-6,11-20H2,1-2H3,(H,32,33)(H,34,35). The predicted octanol–water partition coefficient (Wildman–Crippen LogP) is 6.61. The maximum Gasteiger partial charge on any atom is 0.224 e. The van der Waals surface area contributed by atoms with E-state index in [1.807, 2.05) is 24.3 Å². The summed E-state index contributed by atoms with van der Waals surface area (Å²) in [6, 6.07) is 10.2. The SMILES string of the molecule is CCCC(C)CNCCCNc1ccc2c(NC(=O)CC34CC5CC(CC(C5)C3)C4)cccc2n1. The van der Waals surface area contributed by atoms with E-state index in [1.165, 1.54) is 51.4 Å². The van der Waals surface area contributed by atoms with Crippen LogP contribution in [0.25, 0.3) is 10.9 Å². The number of anilines is 2. The van der Waals surface area contributed by atoms with Crippen LogP contribution in [0.15, 0.2) is 30.3 Å². The number of carbonyl (C=O) groups is 1. The molecule has 1 aromatic heterocycles. The molecule has 190 valence electrons. The number of amides is 1. The first kappa shape index (κ1) is 24.5. The number of rotatable bonds is 12. The van der Waals surface area contributed by atoms with E-state index in [4.69, 9.17) is 4.98 Å². The number of nitrogens with one attached hydrogen (secondary N) is 3. The van der Waals surface area contributed by atoms with E-state index in [2.05, 4.69) is 35.9 Å². The largest absolute Gasteiger partial charge is 0.370 e. The monoisotopic (exact) mass is 476 g/mol. The summed E-state index contributed by atoms with van der Waals surface area (Å²) in [5, 5.41) is 11.3. The van der Waals surface area contributed by atoms with Crippen LogP contribution in [0.5, 0.6) is 0 Å². The van der Waals surface area contributed by atoms with Crippen molar-refractivity contribution < 1.29 is 4.79 Å². The Balaban J connectivity index is 1.13. The third-order valence-corrected chi connectivity index (χ3v) is 8.82. The van der Waals surface area contributed by atoms with Gasteiger partial charge in [-0.2, -0.15) is 0 Å². The van der Waals surface area contributed by atoms with Gasteiger partial charge in [0.15, 0.2) is 0 Å². The van der Waals surface area contributed by atoms with E-state index >= 15 is 0 Å². The van der Waals surface area contributed by atoms with Crippen molar-refractivity contribution >= 4 is 28.3 Å². The van der Waals surface area contributed by atoms with Crippen LogP contribution < -0.4 is 16.0 Å². The van der Waals surface area contributed by atoms with Gasteiger partial charge in [-0.3, -0.25) is 4.79 Å². The molecule has 4 aliphatic carbocycles.